The van der Waals surface area contributed by atoms with Gasteiger partial charge in [0.15, 0.2) is 5.69 Å². The second-order valence-corrected chi connectivity index (χ2v) is 7.63. The average Bonchev–Trinajstić information content (AvgIpc) is 3.25. The molecule has 2 aliphatic rings. The van der Waals surface area contributed by atoms with E-state index in [2.05, 4.69) is 15.7 Å². The van der Waals surface area contributed by atoms with Crippen molar-refractivity contribution in [2.75, 3.05) is 19.7 Å². The van der Waals surface area contributed by atoms with Crippen molar-refractivity contribution >= 4 is 28.8 Å². The van der Waals surface area contributed by atoms with Crippen LogP contribution in [0, 0.1) is 0 Å². The van der Waals surface area contributed by atoms with Gasteiger partial charge in [-0.2, -0.15) is 5.10 Å². The first-order valence-corrected chi connectivity index (χ1v) is 9.95. The number of cyclic esters (lactones) is 1. The van der Waals surface area contributed by atoms with E-state index in [1.54, 1.807) is 4.68 Å². The molecular formula is C20H25N5O4. The first-order chi connectivity index (χ1) is 14.0. The minimum absolute atomic E-state index is 0.00623. The van der Waals surface area contributed by atoms with Gasteiger partial charge in [0.25, 0.3) is 5.91 Å². The molecule has 3 amide bonds. The number of hydrogen-bond donors (Lipinski definition) is 2. The summed E-state index contributed by atoms with van der Waals surface area (Å²) in [7, 11) is 1.82. The highest BCUT2D eigenvalue weighted by Gasteiger charge is 2.28. The molecule has 1 aliphatic heterocycles. The van der Waals surface area contributed by atoms with Gasteiger partial charge in [0.1, 0.15) is 13.2 Å². The Kier molecular flexibility index (Phi) is 5.37. The number of fused-ring (bicyclic) bond motifs is 1. The lowest BCUT2D eigenvalue weighted by Crippen LogP contribution is -2.48. The Morgan fingerprint density at radius 2 is 1.97 bits per heavy atom. The van der Waals surface area contributed by atoms with Crippen molar-refractivity contribution in [3.8, 4) is 0 Å². The zero-order valence-corrected chi connectivity index (χ0v) is 16.4. The van der Waals surface area contributed by atoms with E-state index in [4.69, 9.17) is 4.74 Å². The largest absolute Gasteiger partial charge is 0.448 e. The number of nitrogens with one attached hydrogen (secondary N) is 2. The summed E-state index contributed by atoms with van der Waals surface area (Å²) in [4.78, 5) is 37.9. The zero-order valence-electron chi connectivity index (χ0n) is 16.4. The van der Waals surface area contributed by atoms with Crippen molar-refractivity contribution in [1.82, 2.24) is 25.3 Å². The molecule has 4 rings (SSSR count). The number of nitrogens with zero attached hydrogens (tertiary/aromatic N) is 3. The molecule has 2 heterocycles. The van der Waals surface area contributed by atoms with Gasteiger partial charge in [-0.15, -0.1) is 0 Å². The van der Waals surface area contributed by atoms with Crippen LogP contribution >= 0.6 is 0 Å². The molecule has 0 unspecified atom stereocenters. The molecule has 2 atom stereocenters. The maximum atomic E-state index is 12.8. The van der Waals surface area contributed by atoms with Crippen molar-refractivity contribution in [3.63, 3.8) is 0 Å². The average molecular weight is 399 g/mol. The Morgan fingerprint density at radius 3 is 2.72 bits per heavy atom. The van der Waals surface area contributed by atoms with Crippen LogP contribution in [0.15, 0.2) is 24.3 Å². The maximum absolute atomic E-state index is 12.8. The third-order valence-corrected chi connectivity index (χ3v) is 5.53. The number of aryl methyl sites for hydroxylation is 1. The number of carbonyl (C=O) groups is 3. The van der Waals surface area contributed by atoms with Gasteiger partial charge in [0.05, 0.1) is 12.1 Å². The quantitative estimate of drug-likeness (QED) is 0.786. The van der Waals surface area contributed by atoms with E-state index in [1.165, 1.54) is 4.90 Å². The van der Waals surface area contributed by atoms with Gasteiger partial charge in [-0.25, -0.2) is 4.79 Å². The van der Waals surface area contributed by atoms with E-state index in [1.807, 2.05) is 31.3 Å². The molecule has 9 heteroatoms. The molecule has 1 saturated carbocycles. The molecule has 1 aliphatic carbocycles. The minimum atomic E-state index is -0.448. The molecule has 2 aromatic rings. The summed E-state index contributed by atoms with van der Waals surface area (Å²) in [6, 6.07) is 7.58. The number of benzene rings is 1. The number of para-hydroxylation sites is 1. The number of carbonyl (C=O) groups excluding carboxylic acids is 3. The summed E-state index contributed by atoms with van der Waals surface area (Å²) in [5.41, 5.74) is 1.33. The Balaban J connectivity index is 1.34. The van der Waals surface area contributed by atoms with E-state index in [-0.39, 0.29) is 30.4 Å². The molecule has 9 nitrogen and oxygen atoms in total. The molecule has 2 N–H and O–H groups in total. The predicted molar refractivity (Wildman–Crippen MR) is 105 cm³/mol. The number of ether oxygens (including phenoxy) is 1. The smallest absolute Gasteiger partial charge is 0.410 e. The number of hydrogen-bond acceptors (Lipinski definition) is 5. The molecule has 29 heavy (non-hydrogen) atoms. The van der Waals surface area contributed by atoms with Crippen LogP contribution in [-0.4, -0.2) is 64.4 Å². The summed E-state index contributed by atoms with van der Waals surface area (Å²) < 4.78 is 6.55. The summed E-state index contributed by atoms with van der Waals surface area (Å²) >= 11 is 0. The van der Waals surface area contributed by atoms with E-state index in [0.717, 1.165) is 30.2 Å². The molecule has 1 saturated heterocycles. The fourth-order valence-electron chi connectivity index (χ4n) is 4.10. The van der Waals surface area contributed by atoms with E-state index >= 15 is 0 Å². The van der Waals surface area contributed by atoms with Gasteiger partial charge in [-0.3, -0.25) is 19.2 Å². The summed E-state index contributed by atoms with van der Waals surface area (Å²) in [5.74, 6) is -0.393. The van der Waals surface area contributed by atoms with Gasteiger partial charge in [0, 0.05) is 24.5 Å². The van der Waals surface area contributed by atoms with Gasteiger partial charge in [0.2, 0.25) is 5.91 Å². The van der Waals surface area contributed by atoms with Crippen molar-refractivity contribution < 1.29 is 19.1 Å². The highest BCUT2D eigenvalue weighted by molar-refractivity contribution is 6.04. The highest BCUT2D eigenvalue weighted by Crippen LogP contribution is 2.21. The van der Waals surface area contributed by atoms with Gasteiger partial charge in [-0.05, 0) is 31.7 Å². The van der Waals surface area contributed by atoms with Crippen LogP contribution in [-0.2, 0) is 16.6 Å². The van der Waals surface area contributed by atoms with Crippen LogP contribution in [0.25, 0.3) is 10.9 Å². The fraction of sp³-hybridized carbons (Fsp3) is 0.500. The summed E-state index contributed by atoms with van der Waals surface area (Å²) in [6.45, 7) is 0.770. The van der Waals surface area contributed by atoms with Crippen molar-refractivity contribution in [1.29, 1.82) is 0 Å². The minimum Gasteiger partial charge on any atom is -0.448 e. The molecule has 0 spiro atoms. The summed E-state index contributed by atoms with van der Waals surface area (Å²) in [6.07, 6.45) is 2.84. The lowest BCUT2D eigenvalue weighted by Gasteiger charge is -2.30. The van der Waals surface area contributed by atoms with E-state index in [9.17, 15) is 14.4 Å². The third kappa shape index (κ3) is 4.18. The van der Waals surface area contributed by atoms with Crippen LogP contribution in [0.2, 0.25) is 0 Å². The normalized spacial score (nSPS) is 21.8. The molecule has 2 fully saturated rings. The molecular weight excluding hydrogens is 374 g/mol. The van der Waals surface area contributed by atoms with Crippen LogP contribution in [0.1, 0.15) is 36.2 Å². The SMILES string of the molecule is Cn1nc(C(=O)N[C@@H]2CCC[C@@H](NC(=O)CN3CCOC3=O)C2)c2ccccc21. The van der Waals surface area contributed by atoms with Crippen LogP contribution in [0.5, 0.6) is 0 Å². The number of aromatic nitrogens is 2. The molecule has 0 bridgehead atoms. The Bertz CT molecular complexity index is 940. The van der Waals surface area contributed by atoms with Crippen LogP contribution < -0.4 is 10.6 Å². The van der Waals surface area contributed by atoms with Gasteiger partial charge >= 0.3 is 6.09 Å². The fourth-order valence-corrected chi connectivity index (χ4v) is 4.10. The molecule has 0 radical (unpaired) electrons. The van der Waals surface area contributed by atoms with E-state index < -0.39 is 6.09 Å². The van der Waals surface area contributed by atoms with Crippen LogP contribution in [0.3, 0.4) is 0 Å². The second-order valence-electron chi connectivity index (χ2n) is 7.63. The first-order valence-electron chi connectivity index (χ1n) is 9.95. The lowest BCUT2D eigenvalue weighted by molar-refractivity contribution is -0.122. The van der Waals surface area contributed by atoms with Crippen LogP contribution in [0.4, 0.5) is 4.79 Å². The first kappa shape index (κ1) is 19.2. The van der Waals surface area contributed by atoms with Crippen molar-refractivity contribution in [2.45, 2.75) is 37.8 Å². The Labute approximate surface area is 168 Å². The third-order valence-electron chi connectivity index (χ3n) is 5.53. The molecule has 154 valence electrons. The van der Waals surface area contributed by atoms with Gasteiger partial charge < -0.3 is 15.4 Å². The predicted octanol–water partition coefficient (Wildman–Crippen LogP) is 1.18. The van der Waals surface area contributed by atoms with E-state index in [0.29, 0.717) is 25.3 Å². The Morgan fingerprint density at radius 1 is 1.21 bits per heavy atom. The Hall–Kier alpha value is -3.10. The topological polar surface area (TPSA) is 106 Å². The monoisotopic (exact) mass is 399 g/mol. The number of amides is 3. The molecule has 1 aromatic heterocycles. The highest BCUT2D eigenvalue weighted by atomic mass is 16.6. The maximum Gasteiger partial charge on any atom is 0.410 e. The van der Waals surface area contributed by atoms with Gasteiger partial charge in [-0.1, -0.05) is 18.2 Å². The summed E-state index contributed by atoms with van der Waals surface area (Å²) in [5, 5.41) is 11.3. The second kappa shape index (κ2) is 8.10. The lowest BCUT2D eigenvalue weighted by atomic mass is 9.90. The standard InChI is InChI=1S/C20H25N5O4/c1-24-16-8-3-2-7-15(16)18(23-24)19(27)22-14-6-4-5-13(11-14)21-17(26)12-25-9-10-29-20(25)28/h2-3,7-8,13-14H,4-6,9-12H2,1H3,(H,21,26)(H,22,27)/t13-,14-/m1/s1. The van der Waals surface area contributed by atoms with Crippen molar-refractivity contribution in [2.24, 2.45) is 7.05 Å². The van der Waals surface area contributed by atoms with Crippen molar-refractivity contribution in [3.05, 3.63) is 30.0 Å². The molecule has 1 aromatic carbocycles. The number of rotatable bonds is 5. The zero-order chi connectivity index (χ0) is 20.4.